The van der Waals surface area contributed by atoms with E-state index in [0.717, 1.165) is 22.5 Å². The van der Waals surface area contributed by atoms with E-state index in [1.54, 1.807) is 12.3 Å². The molecule has 0 bridgehead atoms. The normalized spacial score (nSPS) is 10.7. The van der Waals surface area contributed by atoms with Crippen molar-refractivity contribution in [1.29, 1.82) is 0 Å². The van der Waals surface area contributed by atoms with Crippen molar-refractivity contribution in [3.63, 3.8) is 0 Å². The van der Waals surface area contributed by atoms with Gasteiger partial charge in [0.15, 0.2) is 10.3 Å². The van der Waals surface area contributed by atoms with E-state index >= 15 is 0 Å². The Morgan fingerprint density at radius 2 is 1.73 bits per heavy atom. The van der Waals surface area contributed by atoms with Gasteiger partial charge < -0.3 is 15.0 Å². The number of aromatic nitrogens is 3. The van der Waals surface area contributed by atoms with E-state index in [1.165, 1.54) is 23.1 Å². The monoisotopic (exact) mass is 478 g/mol. The first-order valence-electron chi connectivity index (χ1n) is 10.4. The van der Waals surface area contributed by atoms with E-state index in [4.69, 9.17) is 9.72 Å². The second kappa shape index (κ2) is 10.9. The lowest BCUT2D eigenvalue weighted by atomic mass is 10.1. The van der Waals surface area contributed by atoms with Gasteiger partial charge in [0.2, 0.25) is 5.91 Å². The minimum Gasteiger partial charge on any atom is -0.466 e. The van der Waals surface area contributed by atoms with Crippen LogP contribution in [0.1, 0.15) is 12.6 Å². The number of rotatable bonds is 9. The number of H-pyrrole nitrogens is 1. The Hall–Kier alpha value is -3.43. The summed E-state index contributed by atoms with van der Waals surface area (Å²) in [5, 5.41) is 5.63. The fourth-order valence-corrected chi connectivity index (χ4v) is 4.53. The number of hydrogen-bond donors (Lipinski definition) is 2. The first-order valence-corrected chi connectivity index (χ1v) is 12.2. The van der Waals surface area contributed by atoms with Crippen molar-refractivity contribution in [3.8, 4) is 22.5 Å². The molecule has 168 valence electrons. The molecule has 4 rings (SSSR count). The fraction of sp³-hybridized carbons (Fsp3) is 0.167. The second-order valence-electron chi connectivity index (χ2n) is 6.96. The average molecular weight is 479 g/mol. The second-order valence-corrected chi connectivity index (χ2v) is 8.78. The Morgan fingerprint density at radius 3 is 2.42 bits per heavy atom. The summed E-state index contributed by atoms with van der Waals surface area (Å²) in [6.45, 7) is 2.08. The molecule has 2 N–H and O–H groups in total. The van der Waals surface area contributed by atoms with Crippen LogP contribution in [-0.2, 0) is 20.7 Å². The molecule has 33 heavy (non-hydrogen) atoms. The minimum absolute atomic E-state index is 0.0892. The van der Waals surface area contributed by atoms with Gasteiger partial charge in [-0.15, -0.1) is 11.3 Å². The van der Waals surface area contributed by atoms with Gasteiger partial charge in [-0.25, -0.2) is 9.97 Å². The number of thioether (sulfide) groups is 1. The number of esters is 1. The lowest BCUT2D eigenvalue weighted by Gasteiger charge is -2.02. The van der Waals surface area contributed by atoms with E-state index < -0.39 is 0 Å². The SMILES string of the molecule is CCOC(=O)Cc1csc(NC(=O)CSc2nc(-c3ccccc3)c(-c3ccccc3)[nH]2)n1. The third-order valence-electron chi connectivity index (χ3n) is 4.56. The Labute approximate surface area is 199 Å². The molecular formula is C24H22N4O3S2. The number of thiazole rings is 1. The zero-order chi connectivity index (χ0) is 23.0. The molecule has 2 aromatic carbocycles. The van der Waals surface area contributed by atoms with Gasteiger partial charge in [-0.05, 0) is 6.92 Å². The van der Waals surface area contributed by atoms with Crippen LogP contribution in [0.5, 0.6) is 0 Å². The number of imidazole rings is 1. The van der Waals surface area contributed by atoms with Gasteiger partial charge in [0.1, 0.15) is 0 Å². The summed E-state index contributed by atoms with van der Waals surface area (Å²) >= 11 is 2.60. The molecule has 0 spiro atoms. The standard InChI is InChI=1S/C24H22N4O3S2/c1-2-31-20(30)13-18-14-32-23(25-18)26-19(29)15-33-24-27-21(16-9-5-3-6-10-16)22(28-24)17-11-7-4-8-12-17/h3-12,14H,2,13,15H2,1H3,(H,27,28)(H,25,26,29). The maximum Gasteiger partial charge on any atom is 0.311 e. The van der Waals surface area contributed by atoms with Crippen LogP contribution in [0.2, 0.25) is 0 Å². The molecule has 0 aliphatic rings. The zero-order valence-corrected chi connectivity index (χ0v) is 19.5. The van der Waals surface area contributed by atoms with Crippen molar-refractivity contribution >= 4 is 40.1 Å². The van der Waals surface area contributed by atoms with Crippen molar-refractivity contribution < 1.29 is 14.3 Å². The first-order chi connectivity index (χ1) is 16.1. The van der Waals surface area contributed by atoms with Crippen LogP contribution in [-0.4, -0.2) is 39.2 Å². The van der Waals surface area contributed by atoms with Gasteiger partial charge in [0.05, 0.1) is 35.9 Å². The van der Waals surface area contributed by atoms with Gasteiger partial charge in [0, 0.05) is 16.5 Å². The topological polar surface area (TPSA) is 97.0 Å². The molecule has 4 aromatic rings. The van der Waals surface area contributed by atoms with Crippen LogP contribution in [0, 0.1) is 0 Å². The molecule has 9 heteroatoms. The number of aromatic amines is 1. The molecule has 2 heterocycles. The van der Waals surface area contributed by atoms with Crippen molar-refractivity contribution in [1.82, 2.24) is 15.0 Å². The number of anilines is 1. The van der Waals surface area contributed by atoms with E-state index in [0.29, 0.717) is 22.6 Å². The average Bonchev–Trinajstić information content (AvgIpc) is 3.46. The summed E-state index contributed by atoms with van der Waals surface area (Å²) in [5.74, 6) is -0.364. The molecule has 0 saturated carbocycles. The zero-order valence-electron chi connectivity index (χ0n) is 17.9. The lowest BCUT2D eigenvalue weighted by Crippen LogP contribution is -2.14. The van der Waals surface area contributed by atoms with Gasteiger partial charge in [0.25, 0.3) is 0 Å². The van der Waals surface area contributed by atoms with Crippen molar-refractivity contribution in [3.05, 3.63) is 71.7 Å². The van der Waals surface area contributed by atoms with E-state index in [2.05, 4.69) is 15.3 Å². The molecule has 0 unspecified atom stereocenters. The summed E-state index contributed by atoms with van der Waals surface area (Å²) in [6.07, 6.45) is 0.0892. The van der Waals surface area contributed by atoms with Crippen LogP contribution in [0.3, 0.4) is 0 Å². The number of nitrogens with zero attached hydrogens (tertiary/aromatic N) is 2. The van der Waals surface area contributed by atoms with Crippen LogP contribution in [0.4, 0.5) is 5.13 Å². The van der Waals surface area contributed by atoms with Crippen LogP contribution in [0.25, 0.3) is 22.5 Å². The molecule has 2 aromatic heterocycles. The molecule has 7 nitrogen and oxygen atoms in total. The molecule has 0 radical (unpaired) electrons. The number of carbonyl (C=O) groups is 2. The smallest absolute Gasteiger partial charge is 0.311 e. The van der Waals surface area contributed by atoms with Crippen molar-refractivity contribution in [2.75, 3.05) is 17.7 Å². The van der Waals surface area contributed by atoms with Crippen molar-refractivity contribution in [2.45, 2.75) is 18.5 Å². The maximum absolute atomic E-state index is 12.5. The highest BCUT2D eigenvalue weighted by atomic mass is 32.2. The highest BCUT2D eigenvalue weighted by Crippen LogP contribution is 2.32. The third-order valence-corrected chi connectivity index (χ3v) is 6.24. The lowest BCUT2D eigenvalue weighted by molar-refractivity contribution is -0.142. The molecule has 0 saturated heterocycles. The number of hydrogen-bond acceptors (Lipinski definition) is 7. The quantitative estimate of drug-likeness (QED) is 0.258. The van der Waals surface area contributed by atoms with Gasteiger partial charge in [-0.3, -0.25) is 9.59 Å². The van der Waals surface area contributed by atoms with E-state index in [9.17, 15) is 9.59 Å². The number of benzene rings is 2. The Balaban J connectivity index is 1.42. The first kappa shape index (κ1) is 22.8. The molecule has 0 fully saturated rings. The van der Waals surface area contributed by atoms with Crippen LogP contribution >= 0.6 is 23.1 Å². The molecule has 0 atom stereocenters. The summed E-state index contributed by atoms with van der Waals surface area (Å²) in [6, 6.07) is 19.9. The molecule has 0 aliphatic heterocycles. The van der Waals surface area contributed by atoms with Gasteiger partial charge in [-0.2, -0.15) is 0 Å². The third kappa shape index (κ3) is 6.09. The highest BCUT2D eigenvalue weighted by Gasteiger charge is 2.16. The number of nitrogens with one attached hydrogen (secondary N) is 2. The summed E-state index contributed by atoms with van der Waals surface area (Å²) in [5.41, 5.74) is 4.35. The predicted molar refractivity (Wildman–Crippen MR) is 131 cm³/mol. The van der Waals surface area contributed by atoms with E-state index in [-0.39, 0.29) is 24.1 Å². The Kier molecular flexibility index (Phi) is 7.54. The largest absolute Gasteiger partial charge is 0.466 e. The van der Waals surface area contributed by atoms with Gasteiger partial charge >= 0.3 is 5.97 Å². The summed E-state index contributed by atoms with van der Waals surface area (Å²) in [4.78, 5) is 36.4. The molecular weight excluding hydrogens is 456 g/mol. The number of ether oxygens (including phenoxy) is 1. The minimum atomic E-state index is -0.336. The number of carbonyl (C=O) groups excluding carboxylic acids is 2. The van der Waals surface area contributed by atoms with Crippen molar-refractivity contribution in [2.24, 2.45) is 0 Å². The predicted octanol–water partition coefficient (Wildman–Crippen LogP) is 5.04. The maximum atomic E-state index is 12.5. The van der Waals surface area contributed by atoms with Crippen LogP contribution < -0.4 is 5.32 Å². The van der Waals surface area contributed by atoms with Gasteiger partial charge in [-0.1, -0.05) is 72.4 Å². The summed E-state index contributed by atoms with van der Waals surface area (Å²) in [7, 11) is 0. The molecule has 0 aliphatic carbocycles. The number of amides is 1. The highest BCUT2D eigenvalue weighted by molar-refractivity contribution is 7.99. The summed E-state index contributed by atoms with van der Waals surface area (Å²) < 4.78 is 4.92. The Bertz CT molecular complexity index is 1170. The molecule has 1 amide bonds. The Morgan fingerprint density at radius 1 is 1.03 bits per heavy atom. The van der Waals surface area contributed by atoms with E-state index in [1.807, 2.05) is 60.7 Å². The fourth-order valence-electron chi connectivity index (χ4n) is 3.13. The van der Waals surface area contributed by atoms with Crippen LogP contribution in [0.15, 0.2) is 71.2 Å².